The van der Waals surface area contributed by atoms with Gasteiger partial charge in [-0.15, -0.1) is 11.3 Å². The topological polar surface area (TPSA) is 38.9 Å². The van der Waals surface area contributed by atoms with Crippen LogP contribution in [-0.2, 0) is 6.42 Å². The molecule has 0 atom stereocenters. The van der Waals surface area contributed by atoms with Crippen molar-refractivity contribution in [3.8, 4) is 11.3 Å². The number of hydrogen-bond donors (Lipinski definition) is 1. The molecular weight excluding hydrogens is 228 g/mol. The molecule has 0 aliphatic rings. The molecule has 78 valence electrons. The van der Waals surface area contributed by atoms with E-state index in [-0.39, 0.29) is 0 Å². The number of benzene rings is 1. The maximum atomic E-state index is 6.12. The molecule has 2 nitrogen and oxygen atoms in total. The van der Waals surface area contributed by atoms with Crippen molar-refractivity contribution in [2.24, 2.45) is 0 Å². The van der Waals surface area contributed by atoms with Crippen LogP contribution in [0.3, 0.4) is 0 Å². The molecule has 0 saturated heterocycles. The van der Waals surface area contributed by atoms with Crippen molar-refractivity contribution in [3.05, 3.63) is 34.2 Å². The van der Waals surface area contributed by atoms with Crippen LogP contribution in [0.5, 0.6) is 0 Å². The van der Waals surface area contributed by atoms with Crippen LogP contribution in [-0.4, -0.2) is 4.98 Å². The summed E-state index contributed by atoms with van der Waals surface area (Å²) in [4.78, 5) is 5.51. The number of nitrogens with two attached hydrogens (primary N) is 1. The van der Waals surface area contributed by atoms with Crippen molar-refractivity contribution >= 4 is 28.1 Å². The normalized spacial score (nSPS) is 10.5. The molecule has 4 heteroatoms. The third-order valence-corrected chi connectivity index (χ3v) is 3.52. The van der Waals surface area contributed by atoms with Crippen LogP contribution in [0.15, 0.2) is 24.3 Å². The first kappa shape index (κ1) is 10.5. The third-order valence-electron chi connectivity index (χ3n) is 2.16. The highest BCUT2D eigenvalue weighted by Crippen LogP contribution is 2.33. The lowest BCUT2D eigenvalue weighted by Gasteiger charge is -2.01. The SMILES string of the molecule is CCc1sc(N)nc1-c1ccccc1Cl. The van der Waals surface area contributed by atoms with Gasteiger partial charge in [0.05, 0.1) is 5.69 Å². The molecule has 0 saturated carbocycles. The summed E-state index contributed by atoms with van der Waals surface area (Å²) in [6, 6.07) is 7.70. The van der Waals surface area contributed by atoms with E-state index in [9.17, 15) is 0 Å². The number of hydrogen-bond acceptors (Lipinski definition) is 3. The third kappa shape index (κ3) is 1.98. The molecule has 0 aliphatic carbocycles. The van der Waals surface area contributed by atoms with Gasteiger partial charge >= 0.3 is 0 Å². The first-order valence-corrected chi connectivity index (χ1v) is 5.92. The summed E-state index contributed by atoms with van der Waals surface area (Å²) in [5.41, 5.74) is 7.59. The smallest absolute Gasteiger partial charge is 0.180 e. The van der Waals surface area contributed by atoms with Crippen molar-refractivity contribution in [1.29, 1.82) is 0 Å². The van der Waals surface area contributed by atoms with Gasteiger partial charge in [-0.05, 0) is 12.5 Å². The fourth-order valence-corrected chi connectivity index (χ4v) is 2.48. The Morgan fingerprint density at radius 3 is 2.80 bits per heavy atom. The van der Waals surface area contributed by atoms with Crippen molar-refractivity contribution in [1.82, 2.24) is 4.98 Å². The molecule has 1 aromatic heterocycles. The minimum atomic E-state index is 0.599. The van der Waals surface area contributed by atoms with Crippen LogP contribution >= 0.6 is 22.9 Å². The minimum Gasteiger partial charge on any atom is -0.375 e. The number of aryl methyl sites for hydroxylation is 1. The fraction of sp³-hybridized carbons (Fsp3) is 0.182. The Balaban J connectivity index is 2.58. The number of aromatic nitrogens is 1. The minimum absolute atomic E-state index is 0.599. The molecule has 0 aliphatic heterocycles. The summed E-state index contributed by atoms with van der Waals surface area (Å²) < 4.78 is 0. The predicted molar refractivity (Wildman–Crippen MR) is 66.4 cm³/mol. The maximum Gasteiger partial charge on any atom is 0.180 e. The molecule has 1 heterocycles. The van der Waals surface area contributed by atoms with Gasteiger partial charge in [0, 0.05) is 15.5 Å². The summed E-state index contributed by atoms with van der Waals surface area (Å²) in [6.07, 6.45) is 0.926. The number of nitrogens with zero attached hydrogens (tertiary/aromatic N) is 1. The standard InChI is InChI=1S/C11H11ClN2S/c1-2-9-10(14-11(13)15-9)7-5-3-4-6-8(7)12/h3-6H,2H2,1H3,(H2,13,14). The van der Waals surface area contributed by atoms with Gasteiger partial charge in [0.15, 0.2) is 5.13 Å². The molecule has 2 rings (SSSR count). The monoisotopic (exact) mass is 238 g/mol. The molecule has 0 bridgehead atoms. The Kier molecular flexibility index (Phi) is 2.93. The van der Waals surface area contributed by atoms with Gasteiger partial charge in [0.1, 0.15) is 0 Å². The molecule has 0 unspecified atom stereocenters. The molecule has 0 spiro atoms. The van der Waals surface area contributed by atoms with E-state index in [4.69, 9.17) is 17.3 Å². The van der Waals surface area contributed by atoms with E-state index in [0.29, 0.717) is 5.13 Å². The van der Waals surface area contributed by atoms with Crippen LogP contribution in [0.1, 0.15) is 11.8 Å². The number of anilines is 1. The van der Waals surface area contributed by atoms with Crippen molar-refractivity contribution < 1.29 is 0 Å². The Bertz CT molecular complexity index is 479. The van der Waals surface area contributed by atoms with Crippen LogP contribution in [0, 0.1) is 0 Å². The van der Waals surface area contributed by atoms with E-state index < -0.39 is 0 Å². The van der Waals surface area contributed by atoms with Crippen LogP contribution in [0.2, 0.25) is 5.02 Å². The highest BCUT2D eigenvalue weighted by molar-refractivity contribution is 7.15. The van der Waals surface area contributed by atoms with Gasteiger partial charge < -0.3 is 5.73 Å². The summed E-state index contributed by atoms with van der Waals surface area (Å²) in [5, 5.41) is 1.32. The maximum absolute atomic E-state index is 6.12. The summed E-state index contributed by atoms with van der Waals surface area (Å²) >= 11 is 7.65. The van der Waals surface area contributed by atoms with Crippen molar-refractivity contribution in [2.45, 2.75) is 13.3 Å². The largest absolute Gasteiger partial charge is 0.375 e. The zero-order chi connectivity index (χ0) is 10.8. The van der Waals surface area contributed by atoms with Crippen LogP contribution < -0.4 is 5.73 Å². The molecule has 2 aromatic rings. The average molecular weight is 239 g/mol. The Hall–Kier alpha value is -1.06. The number of thiazole rings is 1. The van der Waals surface area contributed by atoms with E-state index in [1.807, 2.05) is 24.3 Å². The highest BCUT2D eigenvalue weighted by Gasteiger charge is 2.12. The second kappa shape index (κ2) is 4.21. The highest BCUT2D eigenvalue weighted by atomic mass is 35.5. The second-order valence-electron chi connectivity index (χ2n) is 3.16. The molecule has 0 radical (unpaired) electrons. The lowest BCUT2D eigenvalue weighted by atomic mass is 10.1. The van der Waals surface area contributed by atoms with Crippen LogP contribution in [0.4, 0.5) is 5.13 Å². The molecule has 2 N–H and O–H groups in total. The van der Waals surface area contributed by atoms with E-state index in [1.165, 1.54) is 16.2 Å². The van der Waals surface area contributed by atoms with Gasteiger partial charge in [0.2, 0.25) is 0 Å². The lowest BCUT2D eigenvalue weighted by Crippen LogP contribution is -1.86. The second-order valence-corrected chi connectivity index (χ2v) is 4.68. The predicted octanol–water partition coefficient (Wildman–Crippen LogP) is 3.61. The number of halogens is 1. The van der Waals surface area contributed by atoms with E-state index in [1.54, 1.807) is 0 Å². The number of nitrogen functional groups attached to an aromatic ring is 1. The quantitative estimate of drug-likeness (QED) is 0.868. The van der Waals surface area contributed by atoms with E-state index >= 15 is 0 Å². The first-order chi connectivity index (χ1) is 7.22. The van der Waals surface area contributed by atoms with Gasteiger partial charge in [-0.3, -0.25) is 0 Å². The lowest BCUT2D eigenvalue weighted by molar-refractivity contribution is 1.17. The summed E-state index contributed by atoms with van der Waals surface area (Å²) in [6.45, 7) is 2.09. The van der Waals surface area contributed by atoms with Gasteiger partial charge in [-0.25, -0.2) is 4.98 Å². The molecular formula is C11H11ClN2S. The average Bonchev–Trinajstić information content (AvgIpc) is 2.60. The zero-order valence-corrected chi connectivity index (χ0v) is 9.90. The van der Waals surface area contributed by atoms with Gasteiger partial charge in [0.25, 0.3) is 0 Å². The molecule has 0 amide bonds. The Morgan fingerprint density at radius 2 is 2.13 bits per heavy atom. The van der Waals surface area contributed by atoms with Gasteiger partial charge in [-0.2, -0.15) is 0 Å². The first-order valence-electron chi connectivity index (χ1n) is 4.72. The van der Waals surface area contributed by atoms with Crippen molar-refractivity contribution in [3.63, 3.8) is 0 Å². The van der Waals surface area contributed by atoms with Crippen molar-refractivity contribution in [2.75, 3.05) is 5.73 Å². The Labute approximate surface area is 97.7 Å². The fourth-order valence-electron chi connectivity index (χ4n) is 1.47. The van der Waals surface area contributed by atoms with Gasteiger partial charge in [-0.1, -0.05) is 36.7 Å². The summed E-state index contributed by atoms with van der Waals surface area (Å²) in [5.74, 6) is 0. The molecule has 0 fully saturated rings. The van der Waals surface area contributed by atoms with E-state index in [0.717, 1.165) is 22.7 Å². The Morgan fingerprint density at radius 1 is 1.40 bits per heavy atom. The van der Waals surface area contributed by atoms with Crippen LogP contribution in [0.25, 0.3) is 11.3 Å². The summed E-state index contributed by atoms with van der Waals surface area (Å²) in [7, 11) is 0. The molecule has 1 aromatic carbocycles. The number of rotatable bonds is 2. The molecule has 15 heavy (non-hydrogen) atoms. The van der Waals surface area contributed by atoms with E-state index in [2.05, 4.69) is 11.9 Å². The zero-order valence-electron chi connectivity index (χ0n) is 8.33.